The van der Waals surface area contributed by atoms with Gasteiger partial charge in [0.15, 0.2) is 0 Å². The Balaban J connectivity index is 2.36. The first-order valence-corrected chi connectivity index (χ1v) is 7.31. The molecule has 1 unspecified atom stereocenters. The van der Waals surface area contributed by atoms with Crippen LogP contribution in [0, 0.1) is 0 Å². The van der Waals surface area contributed by atoms with E-state index >= 15 is 0 Å². The van der Waals surface area contributed by atoms with Gasteiger partial charge >= 0.3 is 0 Å². The lowest BCUT2D eigenvalue weighted by atomic mass is 9.70. The van der Waals surface area contributed by atoms with E-state index in [0.29, 0.717) is 0 Å². The van der Waals surface area contributed by atoms with Gasteiger partial charge in [-0.2, -0.15) is 0 Å². The zero-order valence-corrected chi connectivity index (χ0v) is 11.9. The predicted molar refractivity (Wildman–Crippen MR) is 78.0 cm³/mol. The summed E-state index contributed by atoms with van der Waals surface area (Å²) >= 11 is 0. The fraction of sp³-hybridized carbons (Fsp3) is 0.529. The first-order chi connectivity index (χ1) is 9.24. The zero-order chi connectivity index (χ0) is 13.7. The Kier molecular flexibility index (Phi) is 4.65. The molecule has 0 aromatic heterocycles. The maximum absolute atomic E-state index is 10.8. The number of benzene rings is 1. The van der Waals surface area contributed by atoms with Gasteiger partial charge in [0.05, 0.1) is 6.61 Å². The third-order valence-corrected chi connectivity index (χ3v) is 4.37. The van der Waals surface area contributed by atoms with Crippen molar-refractivity contribution in [2.24, 2.45) is 0 Å². The lowest BCUT2D eigenvalue weighted by Gasteiger charge is -2.38. The van der Waals surface area contributed by atoms with Gasteiger partial charge in [0.2, 0.25) is 0 Å². The van der Waals surface area contributed by atoms with Crippen molar-refractivity contribution >= 4 is 0 Å². The minimum atomic E-state index is -0.551. The van der Waals surface area contributed by atoms with E-state index in [4.69, 9.17) is 4.74 Å². The monoisotopic (exact) mass is 260 g/mol. The van der Waals surface area contributed by atoms with Crippen molar-refractivity contribution < 1.29 is 9.84 Å². The van der Waals surface area contributed by atoms with Crippen molar-refractivity contribution in [2.75, 3.05) is 6.61 Å². The van der Waals surface area contributed by atoms with Crippen LogP contribution in [0.15, 0.2) is 42.2 Å². The molecule has 1 heterocycles. The van der Waals surface area contributed by atoms with E-state index in [-0.39, 0.29) is 5.41 Å². The Bertz CT molecular complexity index is 418. The second-order valence-electron chi connectivity index (χ2n) is 5.23. The van der Waals surface area contributed by atoms with E-state index in [1.165, 1.54) is 5.56 Å². The molecule has 2 heteroatoms. The van der Waals surface area contributed by atoms with E-state index in [1.54, 1.807) is 0 Å². The second-order valence-corrected chi connectivity index (χ2v) is 5.23. The molecule has 1 aromatic carbocycles. The third-order valence-electron chi connectivity index (χ3n) is 4.37. The van der Waals surface area contributed by atoms with Gasteiger partial charge in [-0.05, 0) is 37.3 Å². The van der Waals surface area contributed by atoms with Gasteiger partial charge in [0, 0.05) is 5.41 Å². The lowest BCUT2D eigenvalue weighted by Crippen LogP contribution is -2.41. The van der Waals surface area contributed by atoms with Crippen LogP contribution in [0.1, 0.15) is 45.1 Å². The van der Waals surface area contributed by atoms with Crippen molar-refractivity contribution in [1.82, 2.24) is 0 Å². The van der Waals surface area contributed by atoms with Crippen LogP contribution in [-0.2, 0) is 10.2 Å². The molecular weight excluding hydrogens is 236 g/mol. The van der Waals surface area contributed by atoms with E-state index in [0.717, 1.165) is 38.0 Å². The summed E-state index contributed by atoms with van der Waals surface area (Å²) in [5.74, 6) is 0.763. The second kappa shape index (κ2) is 6.25. The summed E-state index contributed by atoms with van der Waals surface area (Å²) in [6.07, 6.45) is 5.35. The first kappa shape index (κ1) is 14.1. The minimum absolute atomic E-state index is 0.246. The highest BCUT2D eigenvalue weighted by molar-refractivity contribution is 5.30. The highest BCUT2D eigenvalue weighted by Crippen LogP contribution is 2.39. The minimum Gasteiger partial charge on any atom is -0.495 e. The van der Waals surface area contributed by atoms with E-state index in [1.807, 2.05) is 18.2 Å². The van der Waals surface area contributed by atoms with E-state index in [2.05, 4.69) is 32.1 Å². The molecule has 1 aromatic rings. The SMILES string of the molecule is CCC(CC)(c1ccccc1)C(O)C1=CCCCO1. The summed E-state index contributed by atoms with van der Waals surface area (Å²) < 4.78 is 5.68. The Labute approximate surface area is 116 Å². The number of hydrogen-bond acceptors (Lipinski definition) is 2. The van der Waals surface area contributed by atoms with Crippen LogP contribution in [0.4, 0.5) is 0 Å². The summed E-state index contributed by atoms with van der Waals surface area (Å²) in [6.45, 7) is 5.01. The average Bonchev–Trinajstić information content (AvgIpc) is 2.51. The standard InChI is InChI=1S/C17H24O2/c1-3-17(4-2,14-10-6-5-7-11-14)16(18)15-12-8-9-13-19-15/h5-7,10-12,16,18H,3-4,8-9,13H2,1-2H3. The van der Waals surface area contributed by atoms with Gasteiger partial charge in [0.1, 0.15) is 11.9 Å². The third kappa shape index (κ3) is 2.69. The van der Waals surface area contributed by atoms with Gasteiger partial charge in [-0.25, -0.2) is 0 Å². The molecule has 104 valence electrons. The molecule has 19 heavy (non-hydrogen) atoms. The van der Waals surface area contributed by atoms with Crippen LogP contribution in [0.2, 0.25) is 0 Å². The molecule has 0 radical (unpaired) electrons. The van der Waals surface area contributed by atoms with Crippen LogP contribution >= 0.6 is 0 Å². The van der Waals surface area contributed by atoms with Crippen LogP contribution in [-0.4, -0.2) is 17.8 Å². The van der Waals surface area contributed by atoms with Gasteiger partial charge < -0.3 is 9.84 Å². The Hall–Kier alpha value is -1.28. The van der Waals surface area contributed by atoms with Crippen LogP contribution < -0.4 is 0 Å². The van der Waals surface area contributed by atoms with Gasteiger partial charge in [-0.15, -0.1) is 0 Å². The van der Waals surface area contributed by atoms with E-state index < -0.39 is 6.10 Å². The van der Waals surface area contributed by atoms with Gasteiger partial charge in [-0.1, -0.05) is 44.2 Å². The molecule has 0 amide bonds. The molecular formula is C17H24O2. The maximum Gasteiger partial charge on any atom is 0.121 e. The molecule has 1 atom stereocenters. The molecule has 0 bridgehead atoms. The summed E-state index contributed by atoms with van der Waals surface area (Å²) in [7, 11) is 0. The smallest absolute Gasteiger partial charge is 0.121 e. The van der Waals surface area contributed by atoms with Crippen molar-refractivity contribution in [3.8, 4) is 0 Å². The van der Waals surface area contributed by atoms with Crippen molar-refractivity contribution in [1.29, 1.82) is 0 Å². The number of allylic oxidation sites excluding steroid dienone is 1. The normalized spacial score (nSPS) is 17.5. The summed E-state index contributed by atoms with van der Waals surface area (Å²) in [4.78, 5) is 0. The topological polar surface area (TPSA) is 29.5 Å². The molecule has 0 aliphatic carbocycles. The van der Waals surface area contributed by atoms with Crippen molar-refractivity contribution in [3.63, 3.8) is 0 Å². The first-order valence-electron chi connectivity index (χ1n) is 7.31. The van der Waals surface area contributed by atoms with Crippen LogP contribution in [0.3, 0.4) is 0 Å². The molecule has 2 rings (SSSR count). The molecule has 0 saturated carbocycles. The quantitative estimate of drug-likeness (QED) is 0.872. The fourth-order valence-electron chi connectivity index (χ4n) is 3.01. The number of rotatable bonds is 5. The molecule has 0 saturated heterocycles. The van der Waals surface area contributed by atoms with Crippen LogP contribution in [0.5, 0.6) is 0 Å². The number of aliphatic hydroxyl groups is 1. The largest absolute Gasteiger partial charge is 0.495 e. The number of aliphatic hydroxyl groups excluding tert-OH is 1. The van der Waals surface area contributed by atoms with Crippen molar-refractivity contribution in [3.05, 3.63) is 47.7 Å². The summed E-state index contributed by atoms with van der Waals surface area (Å²) in [5.41, 5.74) is 0.951. The maximum atomic E-state index is 10.8. The highest BCUT2D eigenvalue weighted by Gasteiger charge is 2.39. The Morgan fingerprint density at radius 1 is 1.21 bits per heavy atom. The lowest BCUT2D eigenvalue weighted by molar-refractivity contribution is 0.0336. The molecule has 0 spiro atoms. The summed E-state index contributed by atoms with van der Waals surface area (Å²) in [5, 5.41) is 10.8. The van der Waals surface area contributed by atoms with Gasteiger partial charge in [-0.3, -0.25) is 0 Å². The zero-order valence-electron chi connectivity index (χ0n) is 11.9. The Morgan fingerprint density at radius 2 is 1.89 bits per heavy atom. The molecule has 0 fully saturated rings. The predicted octanol–water partition coefficient (Wildman–Crippen LogP) is 3.80. The molecule has 1 aliphatic heterocycles. The molecule has 1 aliphatic rings. The fourth-order valence-corrected chi connectivity index (χ4v) is 3.01. The molecule has 2 nitrogen and oxygen atoms in total. The Morgan fingerprint density at radius 3 is 2.42 bits per heavy atom. The van der Waals surface area contributed by atoms with E-state index in [9.17, 15) is 5.11 Å². The van der Waals surface area contributed by atoms with Crippen LogP contribution in [0.25, 0.3) is 0 Å². The average molecular weight is 260 g/mol. The highest BCUT2D eigenvalue weighted by atomic mass is 16.5. The number of hydrogen-bond donors (Lipinski definition) is 1. The van der Waals surface area contributed by atoms with Crippen molar-refractivity contribution in [2.45, 2.75) is 51.0 Å². The molecule has 1 N–H and O–H groups in total. The van der Waals surface area contributed by atoms with Gasteiger partial charge in [0.25, 0.3) is 0 Å². The number of ether oxygens (including phenoxy) is 1. The summed E-state index contributed by atoms with van der Waals surface area (Å²) in [6, 6.07) is 10.3.